The lowest BCUT2D eigenvalue weighted by atomic mass is 9.98. The molecule has 5 rings (SSSR count). The Morgan fingerprint density at radius 1 is 1.02 bits per heavy atom. The van der Waals surface area contributed by atoms with Gasteiger partial charge in [0.25, 0.3) is 0 Å². The van der Waals surface area contributed by atoms with E-state index in [1.54, 1.807) is 12.1 Å². The van der Waals surface area contributed by atoms with Crippen molar-refractivity contribution in [3.63, 3.8) is 0 Å². The van der Waals surface area contributed by atoms with Gasteiger partial charge in [-0.25, -0.2) is 14.2 Å². The van der Waals surface area contributed by atoms with Crippen molar-refractivity contribution in [1.82, 2.24) is 10.6 Å². The van der Waals surface area contributed by atoms with Crippen LogP contribution in [0.2, 0.25) is 0 Å². The smallest absolute Gasteiger partial charge is 0.467 e. The fourth-order valence-corrected chi connectivity index (χ4v) is 6.65. The summed E-state index contributed by atoms with van der Waals surface area (Å²) in [6.45, 7) is -0.0496. The van der Waals surface area contributed by atoms with Crippen LogP contribution in [0.25, 0.3) is 11.1 Å². The molecular formula is C31H33N2O9PS. The van der Waals surface area contributed by atoms with Gasteiger partial charge < -0.3 is 24.6 Å². The number of carbonyl (C=O) groups is 3. The minimum absolute atomic E-state index is 0.0582. The van der Waals surface area contributed by atoms with Gasteiger partial charge in [-0.3, -0.25) is 14.2 Å². The van der Waals surface area contributed by atoms with Crippen LogP contribution >= 0.6 is 19.6 Å². The maximum Gasteiger partial charge on any atom is 0.527 e. The number of rotatable bonds is 11. The number of thioether (sulfide) groups is 1. The molecule has 0 aromatic heterocycles. The Hall–Kier alpha value is -3.83. The number of hydrogen-bond donors (Lipinski definition) is 3. The molecule has 11 nitrogen and oxygen atoms in total. The van der Waals surface area contributed by atoms with Crippen LogP contribution in [-0.4, -0.2) is 60.7 Å². The van der Waals surface area contributed by atoms with Gasteiger partial charge in [0.2, 0.25) is 5.91 Å². The summed E-state index contributed by atoms with van der Waals surface area (Å²) >= 11 is 1.51. The molecule has 232 valence electrons. The number of benzene rings is 3. The van der Waals surface area contributed by atoms with E-state index in [2.05, 4.69) is 10.6 Å². The molecule has 3 N–H and O–H groups in total. The first-order valence-corrected chi connectivity index (χ1v) is 16.9. The SMILES string of the molecule is COC(=O)[C@H](Cc1ccc2c(c1)COP(=O)(O)O2)NC(=O)[C@H](CCSC)NC(=O)OCC1c2ccccc2-c2ccccc21. The summed E-state index contributed by atoms with van der Waals surface area (Å²) in [5.41, 5.74) is 5.51. The van der Waals surface area contributed by atoms with Crippen molar-refractivity contribution in [2.75, 3.05) is 25.7 Å². The normalized spacial score (nSPS) is 18.1. The second kappa shape index (κ2) is 13.9. The van der Waals surface area contributed by atoms with Gasteiger partial charge in [-0.05, 0) is 58.4 Å². The molecule has 2 aliphatic rings. The predicted molar refractivity (Wildman–Crippen MR) is 164 cm³/mol. The third-order valence-corrected chi connectivity index (χ3v) is 9.05. The van der Waals surface area contributed by atoms with Crippen molar-refractivity contribution in [3.8, 4) is 16.9 Å². The zero-order chi connectivity index (χ0) is 31.3. The molecular weight excluding hydrogens is 607 g/mol. The molecule has 0 saturated heterocycles. The predicted octanol–water partition coefficient (Wildman–Crippen LogP) is 4.56. The van der Waals surface area contributed by atoms with Crippen LogP contribution in [0.4, 0.5) is 4.79 Å². The van der Waals surface area contributed by atoms with Crippen molar-refractivity contribution < 1.29 is 42.4 Å². The standard InChI is InChI=1S/C31H33N2O9PS/c1-39-30(35)27(16-19-11-12-28-20(15-19)17-41-43(37,38)42-28)32-29(34)26(13-14-44-2)33-31(36)40-18-25-23-9-5-3-7-21(23)22-8-4-6-10-24(22)25/h3-12,15,25-27H,13-14,16-18H2,1-2H3,(H,32,34)(H,33,36)(H,37,38)/t26-,27-/m0/s1. The topological polar surface area (TPSA) is 149 Å². The molecule has 3 aromatic rings. The fourth-order valence-electron chi connectivity index (χ4n) is 5.39. The lowest BCUT2D eigenvalue weighted by molar-refractivity contribution is -0.145. The maximum absolute atomic E-state index is 13.4. The number of ether oxygens (including phenoxy) is 2. The Bertz CT molecular complexity index is 1550. The summed E-state index contributed by atoms with van der Waals surface area (Å²) in [5.74, 6) is -0.590. The number of phosphoric ester groups is 1. The summed E-state index contributed by atoms with van der Waals surface area (Å²) in [6.07, 6.45) is 1.51. The van der Waals surface area contributed by atoms with E-state index in [0.717, 1.165) is 22.3 Å². The summed E-state index contributed by atoms with van der Waals surface area (Å²) in [7, 11) is -2.93. The van der Waals surface area contributed by atoms with Crippen LogP contribution in [0.5, 0.6) is 5.75 Å². The van der Waals surface area contributed by atoms with Gasteiger partial charge in [0.05, 0.1) is 13.7 Å². The van der Waals surface area contributed by atoms with E-state index in [-0.39, 0.29) is 31.3 Å². The van der Waals surface area contributed by atoms with E-state index in [0.29, 0.717) is 23.3 Å². The van der Waals surface area contributed by atoms with Gasteiger partial charge in [-0.2, -0.15) is 11.8 Å². The second-order valence-corrected chi connectivity index (χ2v) is 12.7. The first-order valence-electron chi connectivity index (χ1n) is 14.0. The number of phosphoric acid groups is 1. The highest BCUT2D eigenvalue weighted by atomic mass is 32.2. The first-order chi connectivity index (χ1) is 21.2. The molecule has 0 saturated carbocycles. The zero-order valence-electron chi connectivity index (χ0n) is 24.2. The third kappa shape index (κ3) is 7.27. The van der Waals surface area contributed by atoms with Crippen LogP contribution < -0.4 is 15.2 Å². The van der Waals surface area contributed by atoms with Crippen LogP contribution in [0, 0.1) is 0 Å². The number of hydrogen-bond acceptors (Lipinski definition) is 9. The average Bonchev–Trinajstić information content (AvgIpc) is 3.34. The van der Waals surface area contributed by atoms with Crippen LogP contribution in [0.3, 0.4) is 0 Å². The maximum atomic E-state index is 13.4. The van der Waals surface area contributed by atoms with Crippen molar-refractivity contribution in [2.24, 2.45) is 0 Å². The molecule has 13 heteroatoms. The van der Waals surface area contributed by atoms with E-state index in [4.69, 9.17) is 18.5 Å². The van der Waals surface area contributed by atoms with E-state index in [1.807, 2.05) is 54.8 Å². The first kappa shape index (κ1) is 31.6. The molecule has 44 heavy (non-hydrogen) atoms. The molecule has 3 aromatic carbocycles. The number of methoxy groups -OCH3 is 1. The molecule has 1 heterocycles. The number of fused-ring (bicyclic) bond motifs is 4. The molecule has 1 unspecified atom stereocenters. The van der Waals surface area contributed by atoms with Gasteiger partial charge in [-0.15, -0.1) is 0 Å². The van der Waals surface area contributed by atoms with E-state index >= 15 is 0 Å². The largest absolute Gasteiger partial charge is 0.527 e. The van der Waals surface area contributed by atoms with Gasteiger partial charge >= 0.3 is 19.9 Å². The van der Waals surface area contributed by atoms with E-state index in [9.17, 15) is 23.8 Å². The minimum Gasteiger partial charge on any atom is -0.467 e. The lowest BCUT2D eigenvalue weighted by Gasteiger charge is -2.24. The van der Waals surface area contributed by atoms with E-state index < -0.39 is 37.9 Å². The Balaban J connectivity index is 1.24. The molecule has 1 aliphatic carbocycles. The number of amides is 2. The zero-order valence-corrected chi connectivity index (χ0v) is 25.9. The van der Waals surface area contributed by atoms with Crippen LogP contribution in [0.1, 0.15) is 34.6 Å². The molecule has 0 spiro atoms. The van der Waals surface area contributed by atoms with Crippen molar-refractivity contribution >= 4 is 37.6 Å². The summed E-state index contributed by atoms with van der Waals surface area (Å²) in [4.78, 5) is 48.6. The quantitative estimate of drug-likeness (QED) is 0.201. The van der Waals surface area contributed by atoms with Crippen molar-refractivity contribution in [3.05, 3.63) is 89.0 Å². The van der Waals surface area contributed by atoms with E-state index in [1.165, 1.54) is 24.9 Å². The molecule has 0 radical (unpaired) electrons. The Kier molecular flexibility index (Phi) is 9.95. The minimum atomic E-state index is -4.15. The van der Waals surface area contributed by atoms with Crippen molar-refractivity contribution in [2.45, 2.75) is 37.5 Å². The number of alkyl carbamates (subject to hydrolysis) is 1. The summed E-state index contributed by atoms with van der Waals surface area (Å²) < 4.78 is 32.1. The summed E-state index contributed by atoms with van der Waals surface area (Å²) in [6, 6.07) is 18.8. The average molecular weight is 641 g/mol. The van der Waals surface area contributed by atoms with Gasteiger partial charge in [0.15, 0.2) is 0 Å². The molecule has 3 atom stereocenters. The number of esters is 1. The Morgan fingerprint density at radius 2 is 1.70 bits per heavy atom. The molecule has 0 bridgehead atoms. The number of nitrogens with one attached hydrogen (secondary N) is 2. The molecule has 1 aliphatic heterocycles. The molecule has 0 fully saturated rings. The third-order valence-electron chi connectivity index (χ3n) is 7.53. The second-order valence-electron chi connectivity index (χ2n) is 10.4. The summed E-state index contributed by atoms with van der Waals surface area (Å²) in [5, 5.41) is 5.38. The number of carbonyl (C=O) groups excluding carboxylic acids is 3. The molecule has 2 amide bonds. The van der Waals surface area contributed by atoms with Crippen LogP contribution in [-0.2, 0) is 41.2 Å². The Morgan fingerprint density at radius 3 is 2.36 bits per heavy atom. The highest BCUT2D eigenvalue weighted by molar-refractivity contribution is 7.98. The van der Waals surface area contributed by atoms with Crippen molar-refractivity contribution in [1.29, 1.82) is 0 Å². The monoisotopic (exact) mass is 640 g/mol. The Labute approximate surface area is 259 Å². The van der Waals surface area contributed by atoms with Gasteiger partial charge in [0.1, 0.15) is 24.4 Å². The van der Waals surface area contributed by atoms with Gasteiger partial charge in [0, 0.05) is 17.9 Å². The fraction of sp³-hybridized carbons (Fsp3) is 0.323. The highest BCUT2D eigenvalue weighted by Crippen LogP contribution is 2.50. The van der Waals surface area contributed by atoms with Gasteiger partial charge in [-0.1, -0.05) is 54.6 Å². The van der Waals surface area contributed by atoms with Crippen LogP contribution in [0.15, 0.2) is 66.7 Å². The highest BCUT2D eigenvalue weighted by Gasteiger charge is 2.32. The lowest BCUT2D eigenvalue weighted by Crippen LogP contribution is -2.52.